The summed E-state index contributed by atoms with van der Waals surface area (Å²) in [6.45, 7) is 26.4. The van der Waals surface area contributed by atoms with E-state index >= 15 is 0 Å². The van der Waals surface area contributed by atoms with Crippen molar-refractivity contribution in [2.75, 3.05) is 61.0 Å². The first-order valence-electron chi connectivity index (χ1n) is 40.9. The van der Waals surface area contributed by atoms with Gasteiger partial charge in [0.15, 0.2) is 80.7 Å². The van der Waals surface area contributed by atoms with Crippen molar-refractivity contribution in [1.29, 1.82) is 0 Å². The van der Waals surface area contributed by atoms with Gasteiger partial charge in [0.05, 0.1) is 92.6 Å². The molecule has 3 aliphatic rings. The summed E-state index contributed by atoms with van der Waals surface area (Å²) >= 11 is 0. The fraction of sp³-hybridized carbons (Fsp3) is 0.411. The first-order chi connectivity index (χ1) is 59.0. The summed E-state index contributed by atoms with van der Waals surface area (Å²) in [6.07, 6.45) is -0.519. The highest BCUT2D eigenvalue weighted by atomic mass is 32.2. The molecule has 674 valence electrons. The number of carbonyl (C=O) groups is 5. The number of nitrogens with one attached hydrogen (secondary N) is 2. The van der Waals surface area contributed by atoms with Gasteiger partial charge in [-0.15, -0.1) is 0 Å². The molecule has 0 saturated heterocycles. The van der Waals surface area contributed by atoms with Crippen LogP contribution in [-0.2, 0) is 65.0 Å². The molecule has 6 aromatic carbocycles. The van der Waals surface area contributed by atoms with Gasteiger partial charge >= 0.3 is 0 Å². The zero-order valence-electron chi connectivity index (χ0n) is 74.1. The Bertz CT molecular complexity index is 5560. The summed E-state index contributed by atoms with van der Waals surface area (Å²) in [7, 11) is 1.48. The molecule has 9 atom stereocenters. The van der Waals surface area contributed by atoms with Crippen molar-refractivity contribution >= 4 is 50.9 Å². The van der Waals surface area contributed by atoms with Gasteiger partial charge in [0.25, 0.3) is 0 Å². The Hall–Kier alpha value is -10.9. The van der Waals surface area contributed by atoms with E-state index in [1.165, 1.54) is 77.6 Å². The number of hydrogen-bond donors (Lipinski definition) is 7. The third-order valence-electron chi connectivity index (χ3n) is 21.3. The summed E-state index contributed by atoms with van der Waals surface area (Å²) in [4.78, 5) is 76.2. The third-order valence-corrected chi connectivity index (χ3v) is 24.8. The summed E-state index contributed by atoms with van der Waals surface area (Å²) in [5.41, 5.74) is 6.38. The molecule has 3 aromatic heterocycles. The average Bonchev–Trinajstić information content (AvgIpc) is 1.58. The minimum Gasteiger partial charge on any atom is -0.493 e. The smallest absolute Gasteiger partial charge is 0.167 e. The first kappa shape index (κ1) is 97.3. The maximum atomic E-state index is 13.8. The number of rotatable bonds is 34. The third kappa shape index (κ3) is 23.7. The Morgan fingerprint density at radius 3 is 1.02 bits per heavy atom. The lowest BCUT2D eigenvalue weighted by molar-refractivity contribution is -0.119. The van der Waals surface area contributed by atoms with Crippen LogP contribution in [0.1, 0.15) is 207 Å². The van der Waals surface area contributed by atoms with Crippen molar-refractivity contribution < 1.29 is 109 Å². The molecule has 0 spiro atoms. The maximum absolute atomic E-state index is 13.8. The normalized spacial score (nSPS) is 18.3. The Balaban J connectivity index is 0.000000198. The fourth-order valence-electron chi connectivity index (χ4n) is 13.6. The number of aliphatic hydroxyl groups is 4. The van der Waals surface area contributed by atoms with Crippen LogP contribution in [0.3, 0.4) is 0 Å². The van der Waals surface area contributed by atoms with Gasteiger partial charge in [-0.3, -0.25) is 24.0 Å². The highest BCUT2D eigenvalue weighted by molar-refractivity contribution is 7.84. The van der Waals surface area contributed by atoms with Crippen LogP contribution in [0.4, 0.5) is 13.2 Å². The van der Waals surface area contributed by atoms with Gasteiger partial charge in [-0.2, -0.15) is 0 Å². The van der Waals surface area contributed by atoms with E-state index in [9.17, 15) is 66.0 Å². The van der Waals surface area contributed by atoms with E-state index in [-0.39, 0.29) is 119 Å². The Kier molecular flexibility index (Phi) is 30.6. The van der Waals surface area contributed by atoms with Crippen LogP contribution in [-0.4, -0.2) is 149 Å². The standard InChI is InChI=1S/C33H41FN2O7S.C33H39FN2O7S.C29H31FN2O6/c2*1-20(37)18-42-26-13-10-22(16-27(26)41-7)25(38)14-15-33(6,39)28-17-24-30(29(35-28)21-8-11-23(34)12-9-21)43-19-32(24,5)36-44(40)31(2,3)4;1-17(33)15-37-23-10-7-19(13-24(23)36-4)22(34)11-12-29(3,35)25-14-21-27(38-16-28(21,2)31)26(32-25)18-5-8-20(30)9-6-18/h8-13,16-17,20,36-37,39H,14-15,18-19H2,1-7H3;8-13,16-17,36,39H,14-15,18-19H2,1-7H3;5-10,13-14,35H,11-12,15-16,31H2,1-4H3/t20-,32-,33-,44?;32-,33-,44?;28-,29-/m111/s1. The Morgan fingerprint density at radius 1 is 0.452 bits per heavy atom. The SMILES string of the molecule is COc1cc(C(=O)CC[C@@](C)(O)c2cc3c(c(-c4ccc(F)cc4)n2)OC[C@@]3(C)N)ccc1OCC(C)=O.COc1cc(C(=O)CC[C@@](C)(O)c2cc3c(c(-c4ccc(F)cc4)n2)OC[C@@]3(C)NS(=O)C(C)(C)C)ccc1OCC(C)=O.COc1cc(C(=O)CC[C@@](C)(O)c2cc3c(c(-c4ccc(F)cc4)n2)OC[C@@]3(C)NS(=O)C(C)(C)C)ccc1OC[C@@H](C)O. The van der Waals surface area contributed by atoms with Gasteiger partial charge in [-0.25, -0.2) is 46.0 Å². The number of aliphatic hydroxyl groups excluding tert-OH is 1. The van der Waals surface area contributed by atoms with Crippen LogP contribution in [0.15, 0.2) is 146 Å². The number of ketones is 5. The Morgan fingerprint density at radius 2 is 0.738 bits per heavy atom. The van der Waals surface area contributed by atoms with Gasteiger partial charge in [-0.05, 0) is 269 Å². The summed E-state index contributed by atoms with van der Waals surface area (Å²) < 4.78 is 123. The molecule has 8 N–H and O–H groups in total. The zero-order chi connectivity index (χ0) is 92.6. The number of methoxy groups -OCH3 is 3. The second kappa shape index (κ2) is 39.6. The van der Waals surface area contributed by atoms with Crippen molar-refractivity contribution in [1.82, 2.24) is 24.4 Å². The number of pyridine rings is 3. The molecule has 12 rings (SSSR count). The summed E-state index contributed by atoms with van der Waals surface area (Å²) in [6, 6.07) is 36.8. The van der Waals surface area contributed by atoms with E-state index in [4.69, 9.17) is 58.3 Å². The van der Waals surface area contributed by atoms with Crippen molar-refractivity contribution in [2.24, 2.45) is 5.73 Å². The first-order valence-corrected chi connectivity index (χ1v) is 43.2. The lowest BCUT2D eigenvalue weighted by Crippen LogP contribution is -2.47. The molecule has 126 heavy (non-hydrogen) atoms. The van der Waals surface area contributed by atoms with E-state index in [2.05, 4.69) is 14.4 Å². The quantitative estimate of drug-likeness (QED) is 0.0184. The Labute approximate surface area is 737 Å². The summed E-state index contributed by atoms with van der Waals surface area (Å²) in [5.74, 6) is 1.34. The lowest BCUT2D eigenvalue weighted by Gasteiger charge is -2.30. The molecule has 0 radical (unpaired) electrons. The number of ether oxygens (including phenoxy) is 9. The van der Waals surface area contributed by atoms with Crippen LogP contribution in [0.5, 0.6) is 51.7 Å². The van der Waals surface area contributed by atoms with Crippen molar-refractivity contribution in [2.45, 2.75) is 191 Å². The van der Waals surface area contributed by atoms with E-state index in [0.717, 1.165) is 0 Å². The van der Waals surface area contributed by atoms with Gasteiger partial charge < -0.3 is 68.8 Å². The lowest BCUT2D eigenvalue weighted by atomic mass is 9.88. The number of nitrogens with zero attached hydrogens (tertiary/aromatic N) is 3. The van der Waals surface area contributed by atoms with E-state index in [1.54, 1.807) is 131 Å². The van der Waals surface area contributed by atoms with E-state index in [1.807, 2.05) is 62.3 Å². The highest BCUT2D eigenvalue weighted by Gasteiger charge is 2.46. The number of Topliss-reactive ketones (excluding diaryl/α,β-unsaturated/α-hetero) is 5. The average molecular weight is 1780 g/mol. The number of fused-ring (bicyclic) bond motifs is 3. The maximum Gasteiger partial charge on any atom is 0.167 e. The van der Waals surface area contributed by atoms with Gasteiger partial charge in [0.1, 0.15) is 91.0 Å². The number of nitrogens with two attached hydrogens (primary N) is 1. The van der Waals surface area contributed by atoms with Gasteiger partial charge in [0.2, 0.25) is 0 Å². The van der Waals surface area contributed by atoms with Crippen LogP contribution in [0.2, 0.25) is 0 Å². The van der Waals surface area contributed by atoms with Gasteiger partial charge in [-0.1, -0.05) is 0 Å². The molecule has 2 unspecified atom stereocenters. The minimum atomic E-state index is -1.55. The number of benzene rings is 6. The molecule has 31 heteroatoms. The van der Waals surface area contributed by atoms with Crippen molar-refractivity contribution in [3.05, 3.63) is 214 Å². The van der Waals surface area contributed by atoms with Gasteiger partial charge in [0, 0.05) is 69.3 Å². The number of halogens is 3. The molecule has 0 aliphatic carbocycles. The topological polar surface area (TPSA) is 372 Å². The highest BCUT2D eigenvalue weighted by Crippen LogP contribution is 2.50. The summed E-state index contributed by atoms with van der Waals surface area (Å²) in [5, 5.41) is 44.4. The second-order valence-corrected chi connectivity index (χ2v) is 38.9. The predicted octanol–water partition coefficient (Wildman–Crippen LogP) is 14.9. The van der Waals surface area contributed by atoms with Crippen molar-refractivity contribution in [3.8, 4) is 85.5 Å². The van der Waals surface area contributed by atoms with Crippen LogP contribution in [0, 0.1) is 17.5 Å². The molecule has 0 bridgehead atoms. The molecular formula is C95H111F3N6O20S2. The number of hydrogen-bond acceptors (Lipinski definition) is 24. The molecule has 6 heterocycles. The second-order valence-electron chi connectivity index (χ2n) is 35.0. The monoisotopic (exact) mass is 1780 g/mol. The predicted molar refractivity (Wildman–Crippen MR) is 472 cm³/mol. The van der Waals surface area contributed by atoms with Crippen LogP contribution >= 0.6 is 0 Å². The molecule has 26 nitrogen and oxygen atoms in total. The number of aromatic nitrogens is 3. The minimum absolute atomic E-state index is 0.00522. The number of carbonyl (C=O) groups excluding carboxylic acids is 5. The van der Waals surface area contributed by atoms with Crippen LogP contribution in [0.25, 0.3) is 33.8 Å². The van der Waals surface area contributed by atoms with E-state index < -0.39 is 82.6 Å². The molecule has 3 aliphatic heterocycles. The molecule has 0 saturated carbocycles. The molecule has 0 amide bonds. The largest absolute Gasteiger partial charge is 0.493 e. The fourth-order valence-corrected chi connectivity index (χ4v) is 15.4. The molecular weight excluding hydrogens is 1670 g/mol. The van der Waals surface area contributed by atoms with E-state index in [0.29, 0.717) is 130 Å². The zero-order valence-corrected chi connectivity index (χ0v) is 75.7. The van der Waals surface area contributed by atoms with Crippen LogP contribution < -0.4 is 57.8 Å². The van der Waals surface area contributed by atoms with Crippen molar-refractivity contribution in [3.63, 3.8) is 0 Å². The molecule has 0 fully saturated rings. The molecule has 9 aromatic rings.